The lowest BCUT2D eigenvalue weighted by Gasteiger charge is -2.29. The van der Waals surface area contributed by atoms with Crippen molar-refractivity contribution in [2.75, 3.05) is 31.1 Å². The molecule has 18 heavy (non-hydrogen) atoms. The average molecular weight is 243 g/mol. The molecule has 2 aromatic heterocycles. The SMILES string of the molecule is c1cn2c(C3CC3)nnc2cc1N1CCNCC1. The maximum absolute atomic E-state index is 4.33. The molecule has 0 radical (unpaired) electrons. The van der Waals surface area contributed by atoms with Gasteiger partial charge in [-0.2, -0.15) is 0 Å². The lowest BCUT2D eigenvalue weighted by atomic mass is 10.3. The molecule has 5 nitrogen and oxygen atoms in total. The molecule has 0 bridgehead atoms. The minimum Gasteiger partial charge on any atom is -0.369 e. The van der Waals surface area contributed by atoms with Crippen LogP contribution in [0.5, 0.6) is 0 Å². The van der Waals surface area contributed by atoms with Crippen LogP contribution in [0.2, 0.25) is 0 Å². The quantitative estimate of drug-likeness (QED) is 0.855. The Bertz CT molecular complexity index is 566. The van der Waals surface area contributed by atoms with Crippen molar-refractivity contribution in [3.05, 3.63) is 24.2 Å². The van der Waals surface area contributed by atoms with Crippen LogP contribution in [-0.2, 0) is 0 Å². The zero-order chi connectivity index (χ0) is 11.9. The highest BCUT2D eigenvalue weighted by Crippen LogP contribution is 2.39. The normalized spacial score (nSPS) is 20.6. The molecule has 0 atom stereocenters. The van der Waals surface area contributed by atoms with Gasteiger partial charge in [0.2, 0.25) is 0 Å². The lowest BCUT2D eigenvalue weighted by molar-refractivity contribution is 0.589. The number of rotatable bonds is 2. The fraction of sp³-hybridized carbons (Fsp3) is 0.538. The maximum Gasteiger partial charge on any atom is 0.162 e. The van der Waals surface area contributed by atoms with Gasteiger partial charge >= 0.3 is 0 Å². The van der Waals surface area contributed by atoms with E-state index in [-0.39, 0.29) is 0 Å². The number of anilines is 1. The van der Waals surface area contributed by atoms with E-state index in [1.807, 2.05) is 0 Å². The van der Waals surface area contributed by atoms with E-state index in [1.165, 1.54) is 18.5 Å². The molecule has 0 unspecified atom stereocenters. The topological polar surface area (TPSA) is 45.5 Å². The fourth-order valence-corrected chi connectivity index (χ4v) is 2.64. The minimum atomic E-state index is 0.644. The van der Waals surface area contributed by atoms with Gasteiger partial charge in [-0.3, -0.25) is 4.40 Å². The summed E-state index contributed by atoms with van der Waals surface area (Å²) in [5.74, 6) is 1.78. The Balaban J connectivity index is 1.70. The second kappa shape index (κ2) is 3.95. The highest BCUT2D eigenvalue weighted by molar-refractivity contribution is 5.56. The zero-order valence-corrected chi connectivity index (χ0v) is 10.3. The third-order valence-corrected chi connectivity index (χ3v) is 3.84. The van der Waals surface area contributed by atoms with Gasteiger partial charge in [-0.1, -0.05) is 0 Å². The monoisotopic (exact) mass is 243 g/mol. The van der Waals surface area contributed by atoms with Crippen LogP contribution in [0.15, 0.2) is 18.3 Å². The third-order valence-electron chi connectivity index (χ3n) is 3.84. The Morgan fingerprint density at radius 3 is 2.78 bits per heavy atom. The van der Waals surface area contributed by atoms with Crippen LogP contribution in [0.4, 0.5) is 5.69 Å². The van der Waals surface area contributed by atoms with E-state index in [0.29, 0.717) is 5.92 Å². The van der Waals surface area contributed by atoms with Gasteiger partial charge in [0.25, 0.3) is 0 Å². The van der Waals surface area contributed by atoms with Gasteiger partial charge in [0.15, 0.2) is 5.65 Å². The minimum absolute atomic E-state index is 0.644. The van der Waals surface area contributed by atoms with Gasteiger partial charge in [-0.25, -0.2) is 0 Å². The Kier molecular flexibility index (Phi) is 2.26. The second-order valence-electron chi connectivity index (χ2n) is 5.18. The number of pyridine rings is 1. The van der Waals surface area contributed by atoms with Crippen LogP contribution < -0.4 is 10.2 Å². The van der Waals surface area contributed by atoms with Crippen LogP contribution in [0, 0.1) is 0 Å². The summed E-state index contributed by atoms with van der Waals surface area (Å²) in [5.41, 5.74) is 2.24. The van der Waals surface area contributed by atoms with Crippen molar-refractivity contribution < 1.29 is 0 Å². The van der Waals surface area contributed by atoms with Crippen molar-refractivity contribution in [1.82, 2.24) is 19.9 Å². The van der Waals surface area contributed by atoms with Crippen LogP contribution in [-0.4, -0.2) is 40.8 Å². The number of piperazine rings is 1. The Labute approximate surface area is 106 Å². The Hall–Kier alpha value is -1.62. The number of aromatic nitrogens is 3. The van der Waals surface area contributed by atoms with Crippen molar-refractivity contribution in [2.45, 2.75) is 18.8 Å². The molecule has 1 N–H and O–H groups in total. The van der Waals surface area contributed by atoms with E-state index in [0.717, 1.165) is 37.7 Å². The lowest BCUT2D eigenvalue weighted by Crippen LogP contribution is -2.43. The molecule has 2 aliphatic rings. The number of hydrogen-bond donors (Lipinski definition) is 1. The summed E-state index contributed by atoms with van der Waals surface area (Å²) in [6, 6.07) is 4.35. The second-order valence-corrected chi connectivity index (χ2v) is 5.18. The molecule has 3 heterocycles. The van der Waals surface area contributed by atoms with E-state index in [1.54, 1.807) is 0 Å². The molecule has 4 rings (SSSR count). The third kappa shape index (κ3) is 1.66. The molecule has 2 aromatic rings. The predicted molar refractivity (Wildman–Crippen MR) is 70.0 cm³/mol. The number of nitrogens with one attached hydrogen (secondary N) is 1. The summed E-state index contributed by atoms with van der Waals surface area (Å²) in [7, 11) is 0. The summed E-state index contributed by atoms with van der Waals surface area (Å²) in [5, 5.41) is 12.0. The van der Waals surface area contributed by atoms with Crippen molar-refractivity contribution >= 4 is 11.3 Å². The van der Waals surface area contributed by atoms with Crippen molar-refractivity contribution in [2.24, 2.45) is 0 Å². The molecule has 2 fully saturated rings. The fourth-order valence-electron chi connectivity index (χ4n) is 2.64. The first-order chi connectivity index (χ1) is 8.92. The van der Waals surface area contributed by atoms with Crippen LogP contribution >= 0.6 is 0 Å². The molecule has 1 aliphatic carbocycles. The van der Waals surface area contributed by atoms with E-state index in [9.17, 15) is 0 Å². The van der Waals surface area contributed by atoms with E-state index < -0.39 is 0 Å². The van der Waals surface area contributed by atoms with Crippen LogP contribution in [0.3, 0.4) is 0 Å². The zero-order valence-electron chi connectivity index (χ0n) is 10.3. The standard InChI is InChI=1S/C13H17N5/c1-2-10(1)13-16-15-12-9-11(3-6-18(12)13)17-7-4-14-5-8-17/h3,6,9-10,14H,1-2,4-5,7-8H2. The highest BCUT2D eigenvalue weighted by Gasteiger charge is 2.28. The van der Waals surface area contributed by atoms with Crippen LogP contribution in [0.1, 0.15) is 24.6 Å². The van der Waals surface area contributed by atoms with E-state index >= 15 is 0 Å². The number of hydrogen-bond acceptors (Lipinski definition) is 4. The molecule has 0 spiro atoms. The van der Waals surface area contributed by atoms with Gasteiger partial charge in [-0.15, -0.1) is 10.2 Å². The summed E-state index contributed by atoms with van der Waals surface area (Å²) in [6.07, 6.45) is 4.65. The van der Waals surface area contributed by atoms with Gasteiger partial charge in [0.1, 0.15) is 5.82 Å². The van der Waals surface area contributed by atoms with Gasteiger partial charge < -0.3 is 10.2 Å². The molecule has 5 heteroatoms. The van der Waals surface area contributed by atoms with Crippen molar-refractivity contribution in [3.8, 4) is 0 Å². The smallest absolute Gasteiger partial charge is 0.162 e. The van der Waals surface area contributed by atoms with Gasteiger partial charge in [0, 0.05) is 50.0 Å². The summed E-state index contributed by atoms with van der Waals surface area (Å²) >= 11 is 0. The number of nitrogens with zero attached hydrogens (tertiary/aromatic N) is 4. The highest BCUT2D eigenvalue weighted by atomic mass is 15.3. The van der Waals surface area contributed by atoms with Gasteiger partial charge in [-0.05, 0) is 18.9 Å². The first-order valence-corrected chi connectivity index (χ1v) is 6.72. The maximum atomic E-state index is 4.33. The Morgan fingerprint density at radius 1 is 1.17 bits per heavy atom. The first kappa shape index (κ1) is 10.3. The average Bonchev–Trinajstić information content (AvgIpc) is 3.19. The predicted octanol–water partition coefficient (Wildman–Crippen LogP) is 1.02. The molecule has 1 saturated carbocycles. The van der Waals surface area contributed by atoms with Crippen molar-refractivity contribution in [1.29, 1.82) is 0 Å². The molecule has 0 aromatic carbocycles. The van der Waals surface area contributed by atoms with Crippen molar-refractivity contribution in [3.63, 3.8) is 0 Å². The Morgan fingerprint density at radius 2 is 2.00 bits per heavy atom. The molecular formula is C13H17N5. The van der Waals surface area contributed by atoms with E-state index in [4.69, 9.17) is 0 Å². The van der Waals surface area contributed by atoms with E-state index in [2.05, 4.69) is 43.1 Å². The molecule has 1 saturated heterocycles. The largest absolute Gasteiger partial charge is 0.369 e. The molecule has 94 valence electrons. The van der Waals surface area contributed by atoms with Crippen LogP contribution in [0.25, 0.3) is 5.65 Å². The molecular weight excluding hydrogens is 226 g/mol. The number of fused-ring (bicyclic) bond motifs is 1. The van der Waals surface area contributed by atoms with Gasteiger partial charge in [0.05, 0.1) is 0 Å². The molecule has 1 aliphatic heterocycles. The summed E-state index contributed by atoms with van der Waals surface area (Å²) in [4.78, 5) is 2.40. The molecule has 0 amide bonds. The first-order valence-electron chi connectivity index (χ1n) is 6.72. The summed E-state index contributed by atoms with van der Waals surface area (Å²) in [6.45, 7) is 4.26. The summed E-state index contributed by atoms with van der Waals surface area (Å²) < 4.78 is 2.14.